The van der Waals surface area contributed by atoms with E-state index in [0.717, 1.165) is 26.2 Å². The Morgan fingerprint density at radius 1 is 0.950 bits per heavy atom. The minimum atomic E-state index is 0.614. The van der Waals surface area contributed by atoms with E-state index in [1.165, 1.54) is 25.2 Å². The van der Waals surface area contributed by atoms with Gasteiger partial charge in [0, 0.05) is 31.9 Å². The van der Waals surface area contributed by atoms with E-state index in [1.54, 1.807) is 0 Å². The Hall–Kier alpha value is -1.06. The van der Waals surface area contributed by atoms with E-state index in [0.29, 0.717) is 6.17 Å². The molecular weight excluding hydrogens is 246 g/mol. The summed E-state index contributed by atoms with van der Waals surface area (Å²) < 4.78 is 0. The molecule has 0 aromatic heterocycles. The molecule has 1 aliphatic heterocycles. The lowest BCUT2D eigenvalue weighted by Crippen LogP contribution is -2.55. The minimum absolute atomic E-state index is 0.614. The van der Waals surface area contributed by atoms with Gasteiger partial charge in [-0.05, 0) is 31.6 Å². The van der Waals surface area contributed by atoms with E-state index >= 15 is 0 Å². The summed E-state index contributed by atoms with van der Waals surface area (Å²) in [5, 5.41) is 0. The minimum Gasteiger partial charge on any atom is -0.369 e. The lowest BCUT2D eigenvalue weighted by atomic mass is 10.2. The molecule has 1 unspecified atom stereocenters. The molecule has 1 aliphatic rings. The van der Waals surface area contributed by atoms with E-state index < -0.39 is 0 Å². The average Bonchev–Trinajstić information content (AvgIpc) is 2.53. The van der Waals surface area contributed by atoms with Crippen LogP contribution in [0.15, 0.2) is 30.3 Å². The van der Waals surface area contributed by atoms with E-state index in [1.807, 2.05) is 0 Å². The fourth-order valence-electron chi connectivity index (χ4n) is 3.31. The fourth-order valence-corrected chi connectivity index (χ4v) is 3.31. The van der Waals surface area contributed by atoms with Gasteiger partial charge in [-0.25, -0.2) is 0 Å². The highest BCUT2D eigenvalue weighted by Crippen LogP contribution is 2.18. The molecule has 0 amide bonds. The number of rotatable bonds is 6. The Balaban J connectivity index is 1.93. The van der Waals surface area contributed by atoms with Crippen LogP contribution < -0.4 is 4.90 Å². The topological polar surface area (TPSA) is 9.72 Å². The van der Waals surface area contributed by atoms with Crippen molar-refractivity contribution in [3.05, 3.63) is 30.3 Å². The van der Waals surface area contributed by atoms with Gasteiger partial charge in [-0.1, -0.05) is 39.0 Å². The zero-order chi connectivity index (χ0) is 14.4. The summed E-state index contributed by atoms with van der Waals surface area (Å²) in [6.07, 6.45) is 1.83. The number of hydrogen-bond acceptors (Lipinski definition) is 3. The van der Waals surface area contributed by atoms with Crippen molar-refractivity contribution in [2.24, 2.45) is 0 Å². The van der Waals surface area contributed by atoms with Crippen LogP contribution in [0.4, 0.5) is 5.69 Å². The standard InChI is InChI=1S/C17H29N3/c1-4-17(18(5-2)6-3)20-14-12-19(13-15-20)16-10-8-7-9-11-16/h7-11,17H,4-6,12-15H2,1-3H3. The molecule has 0 spiro atoms. The molecule has 2 rings (SSSR count). The number of nitrogens with zero attached hydrogens (tertiary/aromatic N) is 3. The van der Waals surface area contributed by atoms with E-state index in [-0.39, 0.29) is 0 Å². The van der Waals surface area contributed by atoms with Crippen LogP contribution in [0, 0.1) is 0 Å². The van der Waals surface area contributed by atoms with Gasteiger partial charge in [-0.15, -0.1) is 0 Å². The first kappa shape index (κ1) is 15.3. The molecule has 0 aliphatic carbocycles. The first-order valence-corrected chi connectivity index (χ1v) is 8.08. The van der Waals surface area contributed by atoms with Gasteiger partial charge in [0.15, 0.2) is 0 Å². The number of piperazine rings is 1. The molecule has 1 fully saturated rings. The van der Waals surface area contributed by atoms with Crippen LogP contribution in [0.5, 0.6) is 0 Å². The smallest absolute Gasteiger partial charge is 0.0620 e. The molecule has 1 saturated heterocycles. The van der Waals surface area contributed by atoms with Gasteiger partial charge in [0.1, 0.15) is 0 Å². The maximum absolute atomic E-state index is 2.66. The van der Waals surface area contributed by atoms with Gasteiger partial charge < -0.3 is 4.90 Å². The van der Waals surface area contributed by atoms with Crippen LogP contribution in [0.3, 0.4) is 0 Å². The molecule has 1 aromatic rings. The predicted octanol–water partition coefficient (Wildman–Crippen LogP) is 2.89. The molecule has 0 saturated carbocycles. The van der Waals surface area contributed by atoms with Crippen molar-refractivity contribution >= 4 is 5.69 Å². The lowest BCUT2D eigenvalue weighted by molar-refractivity contribution is 0.0419. The first-order valence-electron chi connectivity index (χ1n) is 8.08. The summed E-state index contributed by atoms with van der Waals surface area (Å²) in [5.41, 5.74) is 1.36. The molecule has 1 aromatic carbocycles. The summed E-state index contributed by atoms with van der Waals surface area (Å²) >= 11 is 0. The summed E-state index contributed by atoms with van der Waals surface area (Å²) in [7, 11) is 0. The third-order valence-corrected chi connectivity index (χ3v) is 4.46. The van der Waals surface area contributed by atoms with Crippen molar-refractivity contribution in [1.82, 2.24) is 9.80 Å². The number of para-hydroxylation sites is 1. The second-order valence-corrected chi connectivity index (χ2v) is 5.47. The largest absolute Gasteiger partial charge is 0.369 e. The normalized spacial score (nSPS) is 18.5. The van der Waals surface area contributed by atoms with Crippen molar-refractivity contribution in [2.75, 3.05) is 44.2 Å². The average molecular weight is 275 g/mol. The molecular formula is C17H29N3. The summed E-state index contributed by atoms with van der Waals surface area (Å²) in [6.45, 7) is 13.8. The van der Waals surface area contributed by atoms with Crippen molar-refractivity contribution in [1.29, 1.82) is 0 Å². The Morgan fingerprint density at radius 3 is 2.05 bits per heavy atom. The lowest BCUT2D eigenvalue weighted by Gasteiger charge is -2.43. The molecule has 0 radical (unpaired) electrons. The first-order chi connectivity index (χ1) is 9.80. The zero-order valence-corrected chi connectivity index (χ0v) is 13.3. The summed E-state index contributed by atoms with van der Waals surface area (Å²) in [4.78, 5) is 7.75. The molecule has 112 valence electrons. The van der Waals surface area contributed by atoms with Crippen molar-refractivity contribution < 1.29 is 0 Å². The Labute approximate surface area is 124 Å². The zero-order valence-electron chi connectivity index (χ0n) is 13.3. The van der Waals surface area contributed by atoms with Gasteiger partial charge in [0.05, 0.1) is 6.17 Å². The van der Waals surface area contributed by atoms with Gasteiger partial charge in [0.2, 0.25) is 0 Å². The van der Waals surface area contributed by atoms with Crippen LogP contribution in [0.1, 0.15) is 27.2 Å². The molecule has 0 N–H and O–H groups in total. The van der Waals surface area contributed by atoms with Crippen molar-refractivity contribution in [3.63, 3.8) is 0 Å². The number of anilines is 1. The summed E-state index contributed by atoms with van der Waals surface area (Å²) in [6, 6.07) is 10.8. The molecule has 1 atom stereocenters. The van der Waals surface area contributed by atoms with Crippen LogP contribution in [-0.4, -0.2) is 55.2 Å². The van der Waals surface area contributed by atoms with Crippen LogP contribution in [-0.2, 0) is 0 Å². The highest BCUT2D eigenvalue weighted by molar-refractivity contribution is 5.46. The van der Waals surface area contributed by atoms with Crippen molar-refractivity contribution in [2.45, 2.75) is 33.4 Å². The Kier molecular flexibility index (Phi) is 5.86. The van der Waals surface area contributed by atoms with Crippen molar-refractivity contribution in [3.8, 4) is 0 Å². The van der Waals surface area contributed by atoms with Crippen LogP contribution in [0.2, 0.25) is 0 Å². The van der Waals surface area contributed by atoms with E-state index in [2.05, 4.69) is 65.8 Å². The molecule has 3 nitrogen and oxygen atoms in total. The Morgan fingerprint density at radius 2 is 1.55 bits per heavy atom. The highest BCUT2D eigenvalue weighted by Gasteiger charge is 2.25. The van der Waals surface area contributed by atoms with Gasteiger partial charge in [-0.2, -0.15) is 0 Å². The quantitative estimate of drug-likeness (QED) is 0.790. The Bertz CT molecular complexity index is 367. The SMILES string of the molecule is CCC(N(CC)CC)N1CCN(c2ccccc2)CC1. The molecule has 1 heterocycles. The van der Waals surface area contributed by atoms with Gasteiger partial charge >= 0.3 is 0 Å². The summed E-state index contributed by atoms with van der Waals surface area (Å²) in [5.74, 6) is 0. The van der Waals surface area contributed by atoms with Crippen LogP contribution in [0.25, 0.3) is 0 Å². The maximum atomic E-state index is 2.66. The molecule has 0 bridgehead atoms. The third-order valence-electron chi connectivity index (χ3n) is 4.46. The monoisotopic (exact) mass is 275 g/mol. The predicted molar refractivity (Wildman–Crippen MR) is 87.2 cm³/mol. The molecule has 20 heavy (non-hydrogen) atoms. The van der Waals surface area contributed by atoms with E-state index in [4.69, 9.17) is 0 Å². The second-order valence-electron chi connectivity index (χ2n) is 5.47. The van der Waals surface area contributed by atoms with Crippen LogP contribution >= 0.6 is 0 Å². The van der Waals surface area contributed by atoms with Gasteiger partial charge in [-0.3, -0.25) is 9.80 Å². The maximum Gasteiger partial charge on any atom is 0.0620 e. The second kappa shape index (κ2) is 7.65. The number of benzene rings is 1. The fraction of sp³-hybridized carbons (Fsp3) is 0.647. The highest BCUT2D eigenvalue weighted by atomic mass is 15.4. The number of hydrogen-bond donors (Lipinski definition) is 0. The van der Waals surface area contributed by atoms with E-state index in [9.17, 15) is 0 Å². The molecule has 3 heteroatoms. The third kappa shape index (κ3) is 3.53. The van der Waals surface area contributed by atoms with Gasteiger partial charge in [0.25, 0.3) is 0 Å².